The van der Waals surface area contributed by atoms with Crippen LogP contribution in [0, 0.1) is 11.3 Å². The van der Waals surface area contributed by atoms with Gasteiger partial charge < -0.3 is 5.32 Å². The number of amides is 1. The number of carbonyl (C=O) groups is 1. The standard InChI is InChI=1S/C7H9NO/c1-2-7-3-5(7)6(9)8-4-7/h2,5H,1,3-4H2,(H,8,9). The zero-order valence-electron chi connectivity index (χ0n) is 5.18. The van der Waals surface area contributed by atoms with Gasteiger partial charge in [-0.1, -0.05) is 6.08 Å². The maximum atomic E-state index is 10.8. The molecule has 2 heteroatoms. The van der Waals surface area contributed by atoms with Gasteiger partial charge in [0, 0.05) is 17.9 Å². The first-order chi connectivity index (χ1) is 4.28. The van der Waals surface area contributed by atoms with Crippen LogP contribution in [0.15, 0.2) is 12.7 Å². The molecule has 0 bridgehead atoms. The van der Waals surface area contributed by atoms with E-state index in [1.54, 1.807) is 0 Å². The summed E-state index contributed by atoms with van der Waals surface area (Å²) in [5.74, 6) is 0.491. The van der Waals surface area contributed by atoms with Crippen LogP contribution in [0.2, 0.25) is 0 Å². The SMILES string of the molecule is C=CC12CNC(=O)C1C2. The van der Waals surface area contributed by atoms with E-state index in [0.29, 0.717) is 0 Å². The number of hydrogen-bond donors (Lipinski definition) is 1. The fourth-order valence-electron chi connectivity index (χ4n) is 1.54. The van der Waals surface area contributed by atoms with Gasteiger partial charge in [0.05, 0.1) is 0 Å². The average molecular weight is 123 g/mol. The number of rotatable bonds is 1. The second-order valence-electron chi connectivity index (χ2n) is 2.91. The van der Waals surface area contributed by atoms with Gasteiger partial charge >= 0.3 is 0 Å². The Morgan fingerprint density at radius 3 is 2.89 bits per heavy atom. The summed E-state index contributed by atoms with van der Waals surface area (Å²) in [7, 11) is 0. The lowest BCUT2D eigenvalue weighted by Crippen LogP contribution is -2.20. The molecule has 1 aliphatic heterocycles. The molecule has 0 aromatic heterocycles. The molecule has 1 saturated heterocycles. The first-order valence-corrected chi connectivity index (χ1v) is 3.20. The third kappa shape index (κ3) is 0.435. The Morgan fingerprint density at radius 2 is 2.67 bits per heavy atom. The van der Waals surface area contributed by atoms with Crippen molar-refractivity contribution in [2.75, 3.05) is 6.54 Å². The zero-order chi connectivity index (χ0) is 6.48. The summed E-state index contributed by atoms with van der Waals surface area (Å²) in [6.45, 7) is 4.52. The molecule has 2 aliphatic rings. The Kier molecular flexibility index (Phi) is 0.672. The van der Waals surface area contributed by atoms with Gasteiger partial charge in [0.1, 0.15) is 0 Å². The molecule has 2 fully saturated rings. The van der Waals surface area contributed by atoms with Gasteiger partial charge in [-0.25, -0.2) is 0 Å². The molecule has 0 spiro atoms. The summed E-state index contributed by atoms with van der Waals surface area (Å²) in [4.78, 5) is 10.8. The van der Waals surface area contributed by atoms with Crippen molar-refractivity contribution in [3.63, 3.8) is 0 Å². The lowest BCUT2D eigenvalue weighted by atomic mass is 10.1. The van der Waals surface area contributed by atoms with Gasteiger partial charge in [0.25, 0.3) is 0 Å². The van der Waals surface area contributed by atoms with Crippen LogP contribution >= 0.6 is 0 Å². The molecule has 9 heavy (non-hydrogen) atoms. The summed E-state index contributed by atoms with van der Waals surface area (Å²) < 4.78 is 0. The lowest BCUT2D eigenvalue weighted by Gasteiger charge is -1.99. The summed E-state index contributed by atoms with van der Waals surface area (Å²) in [6, 6.07) is 0. The molecule has 2 rings (SSSR count). The van der Waals surface area contributed by atoms with Crippen molar-refractivity contribution in [1.82, 2.24) is 5.32 Å². The monoisotopic (exact) mass is 123 g/mol. The van der Waals surface area contributed by atoms with E-state index in [1.807, 2.05) is 6.08 Å². The van der Waals surface area contributed by atoms with Gasteiger partial charge in [-0.2, -0.15) is 0 Å². The summed E-state index contributed by atoms with van der Waals surface area (Å²) in [5.41, 5.74) is 0.178. The summed E-state index contributed by atoms with van der Waals surface area (Å²) >= 11 is 0. The Morgan fingerprint density at radius 1 is 1.89 bits per heavy atom. The minimum atomic E-state index is 0.178. The Labute approximate surface area is 53.9 Å². The number of carbonyl (C=O) groups excluding carboxylic acids is 1. The molecular weight excluding hydrogens is 114 g/mol. The zero-order valence-corrected chi connectivity index (χ0v) is 5.18. The highest BCUT2D eigenvalue weighted by Gasteiger charge is 2.60. The van der Waals surface area contributed by atoms with Gasteiger partial charge in [0.2, 0.25) is 5.91 Å². The molecule has 2 unspecified atom stereocenters. The van der Waals surface area contributed by atoms with Crippen LogP contribution in [-0.4, -0.2) is 12.5 Å². The van der Waals surface area contributed by atoms with Crippen LogP contribution in [0.1, 0.15) is 6.42 Å². The number of nitrogens with one attached hydrogen (secondary N) is 1. The third-order valence-electron chi connectivity index (χ3n) is 2.43. The summed E-state index contributed by atoms with van der Waals surface area (Å²) in [5, 5.41) is 2.80. The molecule has 1 N–H and O–H groups in total. The molecule has 1 aliphatic carbocycles. The summed E-state index contributed by atoms with van der Waals surface area (Å²) in [6.07, 6.45) is 2.94. The van der Waals surface area contributed by atoms with E-state index in [0.717, 1.165) is 13.0 Å². The van der Waals surface area contributed by atoms with Crippen molar-refractivity contribution < 1.29 is 4.79 Å². The van der Waals surface area contributed by atoms with Gasteiger partial charge in [-0.3, -0.25) is 4.79 Å². The van der Waals surface area contributed by atoms with E-state index in [1.165, 1.54) is 0 Å². The van der Waals surface area contributed by atoms with Crippen LogP contribution in [0.25, 0.3) is 0 Å². The fourth-order valence-corrected chi connectivity index (χ4v) is 1.54. The van der Waals surface area contributed by atoms with Crippen LogP contribution in [0.3, 0.4) is 0 Å². The molecule has 0 radical (unpaired) electrons. The molecule has 0 aromatic carbocycles. The average Bonchev–Trinajstić information content (AvgIpc) is 2.53. The second kappa shape index (κ2) is 1.20. The van der Waals surface area contributed by atoms with Gasteiger partial charge in [-0.05, 0) is 6.42 Å². The van der Waals surface area contributed by atoms with Crippen molar-refractivity contribution in [1.29, 1.82) is 0 Å². The highest BCUT2D eigenvalue weighted by atomic mass is 16.2. The van der Waals surface area contributed by atoms with Gasteiger partial charge in [-0.15, -0.1) is 6.58 Å². The van der Waals surface area contributed by atoms with Crippen molar-refractivity contribution in [2.45, 2.75) is 6.42 Å². The minimum Gasteiger partial charge on any atom is -0.355 e. The maximum absolute atomic E-state index is 10.8. The normalized spacial score (nSPS) is 45.8. The number of fused-ring (bicyclic) bond motifs is 1. The lowest BCUT2D eigenvalue weighted by molar-refractivity contribution is -0.120. The molecule has 48 valence electrons. The number of piperidine rings is 1. The van der Waals surface area contributed by atoms with Crippen molar-refractivity contribution in [3.05, 3.63) is 12.7 Å². The minimum absolute atomic E-state index is 0.178. The van der Waals surface area contributed by atoms with Crippen LogP contribution in [-0.2, 0) is 4.79 Å². The first-order valence-electron chi connectivity index (χ1n) is 3.20. The third-order valence-corrected chi connectivity index (χ3v) is 2.43. The van der Waals surface area contributed by atoms with E-state index < -0.39 is 0 Å². The Hall–Kier alpha value is -0.790. The molecular formula is C7H9NO. The Balaban J connectivity index is 2.26. The van der Waals surface area contributed by atoms with Crippen LogP contribution < -0.4 is 5.32 Å². The van der Waals surface area contributed by atoms with Crippen LogP contribution in [0.4, 0.5) is 0 Å². The quantitative estimate of drug-likeness (QED) is 0.499. The predicted octanol–water partition coefficient (Wildman–Crippen LogP) is 0.308. The molecule has 1 heterocycles. The van der Waals surface area contributed by atoms with Crippen molar-refractivity contribution in [3.8, 4) is 0 Å². The second-order valence-corrected chi connectivity index (χ2v) is 2.91. The molecule has 2 atom stereocenters. The van der Waals surface area contributed by atoms with E-state index in [4.69, 9.17) is 0 Å². The van der Waals surface area contributed by atoms with E-state index in [2.05, 4.69) is 11.9 Å². The largest absolute Gasteiger partial charge is 0.355 e. The topological polar surface area (TPSA) is 29.1 Å². The van der Waals surface area contributed by atoms with Gasteiger partial charge in [0.15, 0.2) is 0 Å². The van der Waals surface area contributed by atoms with E-state index in [9.17, 15) is 4.79 Å². The fraction of sp³-hybridized carbons (Fsp3) is 0.571. The Bertz CT molecular complexity index is 187. The molecule has 1 saturated carbocycles. The maximum Gasteiger partial charge on any atom is 0.224 e. The van der Waals surface area contributed by atoms with E-state index >= 15 is 0 Å². The first kappa shape index (κ1) is 5.03. The molecule has 2 nitrogen and oxygen atoms in total. The highest BCUT2D eigenvalue weighted by Crippen LogP contribution is 2.56. The molecule has 1 amide bonds. The van der Waals surface area contributed by atoms with E-state index in [-0.39, 0.29) is 17.2 Å². The predicted molar refractivity (Wildman–Crippen MR) is 33.7 cm³/mol. The highest BCUT2D eigenvalue weighted by molar-refractivity contribution is 5.86. The molecule has 0 aromatic rings. The van der Waals surface area contributed by atoms with Crippen molar-refractivity contribution >= 4 is 5.91 Å². The smallest absolute Gasteiger partial charge is 0.224 e. The van der Waals surface area contributed by atoms with Crippen molar-refractivity contribution in [2.24, 2.45) is 11.3 Å². The van der Waals surface area contributed by atoms with Crippen LogP contribution in [0.5, 0.6) is 0 Å². The number of hydrogen-bond acceptors (Lipinski definition) is 1.